The molecule has 1 nitrogen and oxygen atoms in total. The van der Waals surface area contributed by atoms with E-state index in [9.17, 15) is 4.79 Å². The number of hydrogen-bond donors (Lipinski definition) is 0. The van der Waals surface area contributed by atoms with E-state index in [1.807, 2.05) is 0 Å². The topological polar surface area (TPSA) is 17.1 Å². The van der Waals surface area contributed by atoms with Gasteiger partial charge >= 0.3 is 0 Å². The zero-order valence-electron chi connectivity index (χ0n) is 4.65. The van der Waals surface area contributed by atoms with E-state index in [4.69, 9.17) is 11.6 Å². The monoisotopic (exact) mass is 130 g/mol. The third-order valence-corrected chi connectivity index (χ3v) is 0.625. The van der Waals surface area contributed by atoms with Gasteiger partial charge in [-0.05, 0) is 24.6 Å². The summed E-state index contributed by atoms with van der Waals surface area (Å²) in [6.07, 6.45) is 2.83. The average molecular weight is 131 g/mol. The van der Waals surface area contributed by atoms with Gasteiger partial charge in [0.05, 0.1) is 0 Å². The maximum absolute atomic E-state index is 9.99. The molecule has 2 heteroatoms. The van der Waals surface area contributed by atoms with Gasteiger partial charge in [-0.2, -0.15) is 0 Å². The fourth-order valence-corrected chi connectivity index (χ4v) is 0.271. The quantitative estimate of drug-likeness (QED) is 0.317. The summed E-state index contributed by atoms with van der Waals surface area (Å²) in [6.45, 7) is 5.32. The van der Waals surface area contributed by atoms with Gasteiger partial charge in [0.25, 0.3) is 0 Å². The SMILES string of the molecule is C=C(C)/C=C/C(=O)Cl. The van der Waals surface area contributed by atoms with Crippen molar-refractivity contribution < 1.29 is 4.79 Å². The van der Waals surface area contributed by atoms with Crippen LogP contribution < -0.4 is 0 Å². The molecule has 0 bridgehead atoms. The summed E-state index contributed by atoms with van der Waals surface area (Å²) in [5.41, 5.74) is 0.819. The van der Waals surface area contributed by atoms with E-state index >= 15 is 0 Å². The van der Waals surface area contributed by atoms with Crippen molar-refractivity contribution >= 4 is 16.8 Å². The van der Waals surface area contributed by atoms with Crippen LogP contribution in [-0.4, -0.2) is 5.24 Å². The minimum Gasteiger partial charge on any atom is -0.276 e. The maximum atomic E-state index is 9.99. The second kappa shape index (κ2) is 3.44. The molecule has 0 radical (unpaired) electrons. The Labute approximate surface area is 53.6 Å². The Bertz CT molecular complexity index is 119. The van der Waals surface area contributed by atoms with E-state index in [1.165, 1.54) is 6.08 Å². The van der Waals surface area contributed by atoms with Crippen molar-refractivity contribution in [3.05, 3.63) is 24.3 Å². The van der Waals surface area contributed by atoms with Crippen LogP contribution in [0.15, 0.2) is 24.3 Å². The van der Waals surface area contributed by atoms with Crippen molar-refractivity contribution in [2.75, 3.05) is 0 Å². The summed E-state index contributed by atoms with van der Waals surface area (Å²) in [4.78, 5) is 9.99. The highest BCUT2D eigenvalue weighted by Gasteiger charge is 1.81. The summed E-state index contributed by atoms with van der Waals surface area (Å²) in [6, 6.07) is 0. The van der Waals surface area contributed by atoms with Gasteiger partial charge in [-0.25, -0.2) is 0 Å². The Balaban J connectivity index is 3.67. The molecule has 0 unspecified atom stereocenters. The molecule has 0 aliphatic rings. The molecule has 0 aromatic rings. The van der Waals surface area contributed by atoms with Gasteiger partial charge in [0.2, 0.25) is 5.24 Å². The highest BCUT2D eigenvalue weighted by atomic mass is 35.5. The van der Waals surface area contributed by atoms with E-state index in [0.29, 0.717) is 0 Å². The first kappa shape index (κ1) is 7.44. The van der Waals surface area contributed by atoms with Crippen LogP contribution in [0.4, 0.5) is 0 Å². The van der Waals surface area contributed by atoms with E-state index in [0.717, 1.165) is 5.57 Å². The average Bonchev–Trinajstić information content (AvgIpc) is 1.61. The maximum Gasteiger partial charge on any atom is 0.245 e. The normalized spacial score (nSPS) is 9.75. The molecular weight excluding hydrogens is 124 g/mol. The van der Waals surface area contributed by atoms with E-state index in [-0.39, 0.29) is 0 Å². The van der Waals surface area contributed by atoms with Crippen molar-refractivity contribution in [1.82, 2.24) is 0 Å². The zero-order chi connectivity index (χ0) is 6.57. The molecule has 8 heavy (non-hydrogen) atoms. The molecule has 0 saturated heterocycles. The highest BCUT2D eigenvalue weighted by Crippen LogP contribution is 1.90. The van der Waals surface area contributed by atoms with Gasteiger partial charge in [-0.15, -0.1) is 0 Å². The smallest absolute Gasteiger partial charge is 0.245 e. The van der Waals surface area contributed by atoms with Crippen LogP contribution in [0.5, 0.6) is 0 Å². The Morgan fingerprint density at radius 3 is 2.25 bits per heavy atom. The number of carbonyl (C=O) groups excluding carboxylic acids is 1. The Kier molecular flexibility index (Phi) is 3.20. The lowest BCUT2D eigenvalue weighted by Crippen LogP contribution is -1.73. The number of rotatable bonds is 2. The first-order valence-electron chi connectivity index (χ1n) is 2.16. The summed E-state index contributed by atoms with van der Waals surface area (Å²) >= 11 is 4.96. The summed E-state index contributed by atoms with van der Waals surface area (Å²) < 4.78 is 0. The molecule has 0 atom stereocenters. The lowest BCUT2D eigenvalue weighted by Gasteiger charge is -1.78. The summed E-state index contributed by atoms with van der Waals surface area (Å²) in [5.74, 6) is 0. The summed E-state index contributed by atoms with van der Waals surface area (Å²) in [5, 5.41) is -0.465. The van der Waals surface area contributed by atoms with Crippen molar-refractivity contribution in [2.24, 2.45) is 0 Å². The molecule has 44 valence electrons. The van der Waals surface area contributed by atoms with Gasteiger partial charge < -0.3 is 0 Å². The second-order valence-electron chi connectivity index (χ2n) is 1.48. The Hall–Kier alpha value is -0.560. The fourth-order valence-electron chi connectivity index (χ4n) is 0.208. The van der Waals surface area contributed by atoms with Gasteiger partial charge in [-0.1, -0.05) is 18.2 Å². The van der Waals surface area contributed by atoms with Crippen LogP contribution in [0.25, 0.3) is 0 Å². The number of halogens is 1. The summed E-state index contributed by atoms with van der Waals surface area (Å²) in [7, 11) is 0. The van der Waals surface area contributed by atoms with Crippen LogP contribution in [0.1, 0.15) is 6.92 Å². The lowest BCUT2D eigenvalue weighted by atomic mass is 10.3. The molecule has 0 aliphatic heterocycles. The van der Waals surface area contributed by atoms with Gasteiger partial charge in [0.15, 0.2) is 0 Å². The van der Waals surface area contributed by atoms with Crippen molar-refractivity contribution in [2.45, 2.75) is 6.92 Å². The van der Waals surface area contributed by atoms with Crippen LogP contribution in [-0.2, 0) is 4.79 Å². The van der Waals surface area contributed by atoms with Crippen LogP contribution in [0, 0.1) is 0 Å². The van der Waals surface area contributed by atoms with Crippen molar-refractivity contribution in [1.29, 1.82) is 0 Å². The van der Waals surface area contributed by atoms with Gasteiger partial charge in [-0.3, -0.25) is 4.79 Å². The third-order valence-electron chi connectivity index (χ3n) is 0.499. The molecule has 0 aliphatic carbocycles. The molecule has 0 rings (SSSR count). The molecule has 0 spiro atoms. The van der Waals surface area contributed by atoms with E-state index in [2.05, 4.69) is 6.58 Å². The largest absolute Gasteiger partial charge is 0.276 e. The van der Waals surface area contributed by atoms with Crippen molar-refractivity contribution in [3.8, 4) is 0 Å². The van der Waals surface area contributed by atoms with Crippen LogP contribution in [0.2, 0.25) is 0 Å². The predicted octanol–water partition coefficient (Wildman–Crippen LogP) is 1.88. The first-order chi connectivity index (χ1) is 3.63. The number of allylic oxidation sites excluding steroid dienone is 3. The van der Waals surface area contributed by atoms with E-state index < -0.39 is 5.24 Å². The fraction of sp³-hybridized carbons (Fsp3) is 0.167. The van der Waals surface area contributed by atoms with Gasteiger partial charge in [0, 0.05) is 0 Å². The Morgan fingerprint density at radius 1 is 1.62 bits per heavy atom. The van der Waals surface area contributed by atoms with Crippen molar-refractivity contribution in [3.63, 3.8) is 0 Å². The van der Waals surface area contributed by atoms with E-state index in [1.54, 1.807) is 13.0 Å². The molecule has 0 aromatic heterocycles. The molecule has 0 aromatic carbocycles. The minimum absolute atomic E-state index is 0.465. The molecule has 0 fully saturated rings. The standard InChI is InChI=1S/C6H7ClO/c1-5(2)3-4-6(7)8/h3-4H,1H2,2H3/b4-3+. The molecular formula is C6H7ClO. The number of hydrogen-bond acceptors (Lipinski definition) is 1. The second-order valence-corrected chi connectivity index (χ2v) is 1.86. The highest BCUT2D eigenvalue weighted by molar-refractivity contribution is 6.66. The predicted molar refractivity (Wildman–Crippen MR) is 34.8 cm³/mol. The lowest BCUT2D eigenvalue weighted by molar-refractivity contribution is -0.107. The number of carbonyl (C=O) groups is 1. The molecule has 0 N–H and O–H groups in total. The Morgan fingerprint density at radius 2 is 2.12 bits per heavy atom. The van der Waals surface area contributed by atoms with Gasteiger partial charge in [0.1, 0.15) is 0 Å². The third kappa shape index (κ3) is 5.44. The molecule has 0 saturated carbocycles. The van der Waals surface area contributed by atoms with Crippen LogP contribution in [0.3, 0.4) is 0 Å². The molecule has 0 heterocycles. The zero-order valence-corrected chi connectivity index (χ0v) is 5.40. The minimum atomic E-state index is -0.465. The van der Waals surface area contributed by atoms with Crippen LogP contribution >= 0.6 is 11.6 Å². The first-order valence-corrected chi connectivity index (χ1v) is 2.54. The molecule has 0 amide bonds.